The Labute approximate surface area is 178 Å². The van der Waals surface area contributed by atoms with Gasteiger partial charge in [-0.2, -0.15) is 5.10 Å². The fourth-order valence-corrected chi connectivity index (χ4v) is 5.10. The van der Waals surface area contributed by atoms with Gasteiger partial charge in [-0.15, -0.1) is 0 Å². The maximum Gasteiger partial charge on any atom is 0.508 e. The van der Waals surface area contributed by atoms with Gasteiger partial charge in [-0.3, -0.25) is 0 Å². The number of nitrogens with two attached hydrogens (primary N) is 1. The van der Waals surface area contributed by atoms with E-state index in [1.54, 1.807) is 12.1 Å². The summed E-state index contributed by atoms with van der Waals surface area (Å²) in [6.07, 6.45) is 0.00923. The number of rotatable bonds is 4. The maximum absolute atomic E-state index is 12.2. The molecule has 168 valence electrons. The number of ether oxygens (including phenoxy) is 3. The number of aliphatic hydroxyl groups is 2. The second-order valence-electron chi connectivity index (χ2n) is 8.60. The lowest BCUT2D eigenvalue weighted by atomic mass is 10.0. The van der Waals surface area contributed by atoms with Gasteiger partial charge in [0.15, 0.2) is 5.82 Å². The van der Waals surface area contributed by atoms with Gasteiger partial charge in [-0.05, 0) is 32.0 Å². The minimum atomic E-state index is -1.23. The predicted molar refractivity (Wildman–Crippen MR) is 107 cm³/mol. The molecule has 11 heteroatoms. The van der Waals surface area contributed by atoms with Gasteiger partial charge in [-0.25, -0.2) is 14.3 Å². The molecule has 2 aromatic rings. The van der Waals surface area contributed by atoms with Crippen molar-refractivity contribution >= 4 is 17.5 Å². The molecule has 3 aliphatic heterocycles. The van der Waals surface area contributed by atoms with Gasteiger partial charge >= 0.3 is 6.16 Å². The maximum atomic E-state index is 12.2. The minimum absolute atomic E-state index is 0.161. The number of fused-ring (bicyclic) bond motifs is 3. The summed E-state index contributed by atoms with van der Waals surface area (Å²) < 4.78 is 18.0. The Morgan fingerprint density at radius 2 is 2.00 bits per heavy atom. The van der Waals surface area contributed by atoms with Crippen molar-refractivity contribution in [2.24, 2.45) is 0 Å². The van der Waals surface area contributed by atoms with E-state index in [2.05, 4.69) is 22.0 Å². The average Bonchev–Trinajstić information content (AvgIpc) is 3.34. The summed E-state index contributed by atoms with van der Waals surface area (Å²) in [6, 6.07) is 4.31. The molecule has 7 atom stereocenters. The van der Waals surface area contributed by atoms with Crippen LogP contribution in [0.3, 0.4) is 0 Å². The van der Waals surface area contributed by atoms with Crippen LogP contribution in [0.1, 0.15) is 37.5 Å². The van der Waals surface area contributed by atoms with E-state index in [1.807, 2.05) is 0 Å². The molecular weight excluding hydrogens is 406 g/mol. The molecule has 31 heavy (non-hydrogen) atoms. The Balaban J connectivity index is 1.19. The van der Waals surface area contributed by atoms with Crippen LogP contribution < -0.4 is 5.73 Å². The second kappa shape index (κ2) is 7.90. The Morgan fingerprint density at radius 1 is 1.26 bits per heavy atom. The first-order valence-corrected chi connectivity index (χ1v) is 10.6. The first-order chi connectivity index (χ1) is 14.9. The van der Waals surface area contributed by atoms with Crippen LogP contribution in [-0.2, 0) is 14.2 Å². The molecule has 0 unspecified atom stereocenters. The molecule has 4 N–H and O–H groups in total. The molecule has 2 aromatic heterocycles. The first kappa shape index (κ1) is 20.4. The van der Waals surface area contributed by atoms with Gasteiger partial charge in [0.2, 0.25) is 0 Å². The minimum Gasteiger partial charge on any atom is -0.431 e. The summed E-state index contributed by atoms with van der Waals surface area (Å²) in [4.78, 5) is 18.5. The third-order valence-electron chi connectivity index (χ3n) is 6.85. The van der Waals surface area contributed by atoms with Crippen molar-refractivity contribution in [3.8, 4) is 0 Å². The molecule has 2 bridgehead atoms. The van der Waals surface area contributed by atoms with Crippen LogP contribution in [0, 0.1) is 0 Å². The summed E-state index contributed by atoms with van der Waals surface area (Å²) in [5.41, 5.74) is 6.93. The molecule has 5 heterocycles. The third kappa shape index (κ3) is 3.61. The highest BCUT2D eigenvalue weighted by Gasteiger charge is 2.45. The van der Waals surface area contributed by atoms with Gasteiger partial charge in [0.05, 0.1) is 5.69 Å². The Kier molecular flexibility index (Phi) is 5.21. The number of hydrogen-bond donors (Lipinski definition) is 3. The van der Waals surface area contributed by atoms with E-state index in [0.29, 0.717) is 29.1 Å². The van der Waals surface area contributed by atoms with Crippen LogP contribution in [0.15, 0.2) is 18.5 Å². The highest BCUT2D eigenvalue weighted by Crippen LogP contribution is 2.36. The molecule has 3 aliphatic rings. The Bertz CT molecular complexity index is 955. The van der Waals surface area contributed by atoms with Gasteiger partial charge in [0, 0.05) is 24.9 Å². The van der Waals surface area contributed by atoms with Crippen molar-refractivity contribution < 1.29 is 29.2 Å². The molecule has 0 aliphatic carbocycles. The van der Waals surface area contributed by atoms with Gasteiger partial charge in [0.25, 0.3) is 0 Å². The molecule has 0 amide bonds. The van der Waals surface area contributed by atoms with E-state index in [1.165, 1.54) is 10.8 Å². The molecule has 0 radical (unpaired) electrons. The lowest BCUT2D eigenvalue weighted by Crippen LogP contribution is -2.43. The van der Waals surface area contributed by atoms with Crippen molar-refractivity contribution in [2.45, 2.75) is 68.3 Å². The molecule has 0 spiro atoms. The van der Waals surface area contributed by atoms with Gasteiger partial charge in [0.1, 0.15) is 49.0 Å². The summed E-state index contributed by atoms with van der Waals surface area (Å²) in [7, 11) is 2.12. The molecule has 5 rings (SSSR count). The number of aliphatic hydroxyl groups excluding tert-OH is 2. The van der Waals surface area contributed by atoms with E-state index in [-0.39, 0.29) is 12.7 Å². The fraction of sp³-hybridized carbons (Fsp3) is 0.650. The van der Waals surface area contributed by atoms with Crippen LogP contribution in [0.4, 0.5) is 10.6 Å². The smallest absolute Gasteiger partial charge is 0.431 e. The fourth-order valence-electron chi connectivity index (χ4n) is 5.10. The van der Waals surface area contributed by atoms with Crippen molar-refractivity contribution in [2.75, 3.05) is 19.4 Å². The van der Waals surface area contributed by atoms with Crippen LogP contribution in [0.2, 0.25) is 0 Å². The van der Waals surface area contributed by atoms with E-state index < -0.39 is 30.6 Å². The van der Waals surface area contributed by atoms with Crippen molar-refractivity contribution in [3.63, 3.8) is 0 Å². The Morgan fingerprint density at radius 3 is 2.74 bits per heavy atom. The standard InChI is InChI=1S/C20H27N5O6/c1-24-10-2-3-11(24)7-12(6-10)30-20(28)29-8-15-16(26)17(27)18(31-15)13-4-5-14-19(21)22-9-23-25(13)14/h4-5,9-12,15-18,26-27H,2-3,6-8H2,1H3,(H2,21,22,23)/t10-,11+,12+,15-,16-,17-,18+/m1/s1. The van der Waals surface area contributed by atoms with Crippen molar-refractivity contribution in [1.29, 1.82) is 0 Å². The topological polar surface area (TPSA) is 145 Å². The number of hydrogen-bond acceptors (Lipinski definition) is 10. The summed E-state index contributed by atoms with van der Waals surface area (Å²) in [6.45, 7) is -0.229. The number of nitrogens with zero attached hydrogens (tertiary/aromatic N) is 4. The highest BCUT2D eigenvalue weighted by molar-refractivity contribution is 5.65. The zero-order chi connectivity index (χ0) is 21.7. The number of carbonyl (C=O) groups is 1. The van der Waals surface area contributed by atoms with Crippen molar-refractivity contribution in [1.82, 2.24) is 19.5 Å². The quantitative estimate of drug-likeness (QED) is 0.574. The van der Waals surface area contributed by atoms with E-state index in [4.69, 9.17) is 19.9 Å². The third-order valence-corrected chi connectivity index (χ3v) is 6.85. The lowest BCUT2D eigenvalue weighted by Gasteiger charge is -2.35. The van der Waals surface area contributed by atoms with Crippen molar-refractivity contribution in [3.05, 3.63) is 24.2 Å². The largest absolute Gasteiger partial charge is 0.508 e. The zero-order valence-corrected chi connectivity index (χ0v) is 17.2. The number of carbonyl (C=O) groups excluding carboxylic acids is 1. The van der Waals surface area contributed by atoms with E-state index in [0.717, 1.165) is 25.7 Å². The molecule has 3 saturated heterocycles. The van der Waals surface area contributed by atoms with Crippen LogP contribution in [-0.4, -0.2) is 86.0 Å². The number of nitrogen functional groups attached to an aromatic ring is 1. The van der Waals surface area contributed by atoms with Gasteiger partial charge < -0.3 is 35.1 Å². The van der Waals surface area contributed by atoms with Crippen LogP contribution in [0.25, 0.3) is 5.52 Å². The SMILES string of the molecule is CN1[C@@H]2CC[C@H]1C[C@@H](OC(=O)OC[C@H]1O[C@@H](c3ccc4c(N)ncnn34)[C@H](O)[C@@H]1O)C2. The second-order valence-corrected chi connectivity index (χ2v) is 8.60. The van der Waals surface area contributed by atoms with Crippen LogP contribution in [0.5, 0.6) is 0 Å². The summed E-state index contributed by atoms with van der Waals surface area (Å²) in [5.74, 6) is 0.291. The Hall–Kier alpha value is -2.47. The van der Waals surface area contributed by atoms with Gasteiger partial charge in [-0.1, -0.05) is 0 Å². The lowest BCUT2D eigenvalue weighted by molar-refractivity contribution is -0.0567. The predicted octanol–water partition coefficient (Wildman–Crippen LogP) is 0.252. The summed E-state index contributed by atoms with van der Waals surface area (Å²) >= 11 is 0. The van der Waals surface area contributed by atoms with E-state index in [9.17, 15) is 15.0 Å². The first-order valence-electron chi connectivity index (χ1n) is 10.6. The number of anilines is 1. The normalized spacial score (nSPS) is 35.5. The molecular formula is C20H27N5O6. The number of piperidine rings is 1. The molecule has 3 fully saturated rings. The zero-order valence-electron chi connectivity index (χ0n) is 17.2. The number of aromatic nitrogens is 3. The monoisotopic (exact) mass is 433 g/mol. The molecule has 11 nitrogen and oxygen atoms in total. The summed E-state index contributed by atoms with van der Waals surface area (Å²) in [5, 5.41) is 25.1. The van der Waals surface area contributed by atoms with Crippen LogP contribution >= 0.6 is 0 Å². The van der Waals surface area contributed by atoms with E-state index >= 15 is 0 Å². The highest BCUT2D eigenvalue weighted by atomic mass is 16.7. The molecule has 0 aromatic carbocycles. The average molecular weight is 433 g/mol. The molecule has 0 saturated carbocycles.